The lowest BCUT2D eigenvalue weighted by molar-refractivity contribution is 0.0951. The van der Waals surface area contributed by atoms with E-state index in [1.165, 1.54) is 0 Å². The number of fused-ring (bicyclic) bond motifs is 1. The zero-order valence-corrected chi connectivity index (χ0v) is 12.9. The van der Waals surface area contributed by atoms with Crippen LogP contribution >= 0.6 is 0 Å². The van der Waals surface area contributed by atoms with Gasteiger partial charge in [-0.1, -0.05) is 10.3 Å². The first-order chi connectivity index (χ1) is 11.1. The van der Waals surface area contributed by atoms with E-state index in [4.69, 9.17) is 9.05 Å². The lowest BCUT2D eigenvalue weighted by Crippen LogP contribution is -2.23. The predicted octanol–water partition coefficient (Wildman–Crippen LogP) is 2.64. The van der Waals surface area contributed by atoms with Crippen molar-refractivity contribution in [2.24, 2.45) is 0 Å². The molecule has 1 aliphatic carbocycles. The Kier molecular flexibility index (Phi) is 3.14. The maximum Gasteiger partial charge on any atom is 0.258 e. The highest BCUT2D eigenvalue weighted by atomic mass is 16.5. The molecule has 118 valence electrons. The van der Waals surface area contributed by atoms with Gasteiger partial charge in [0.15, 0.2) is 0 Å². The van der Waals surface area contributed by atoms with Crippen LogP contribution in [0.2, 0.25) is 0 Å². The monoisotopic (exact) mass is 312 g/mol. The Labute approximate surface area is 132 Å². The molecular formula is C16H16N4O3. The van der Waals surface area contributed by atoms with E-state index in [2.05, 4.69) is 20.6 Å². The molecule has 0 saturated heterocycles. The second-order valence-corrected chi connectivity index (χ2v) is 5.94. The number of hydrogen-bond acceptors (Lipinski definition) is 6. The topological polar surface area (TPSA) is 94.1 Å². The normalized spacial score (nSPS) is 14.3. The van der Waals surface area contributed by atoms with Crippen LogP contribution in [0, 0.1) is 13.8 Å². The van der Waals surface area contributed by atoms with E-state index in [-0.39, 0.29) is 5.91 Å². The predicted molar refractivity (Wildman–Crippen MR) is 80.9 cm³/mol. The average molecular weight is 312 g/mol. The van der Waals surface area contributed by atoms with Crippen LogP contribution in [-0.4, -0.2) is 21.2 Å². The molecule has 0 aromatic carbocycles. The fourth-order valence-corrected chi connectivity index (χ4v) is 2.63. The maximum atomic E-state index is 12.5. The number of pyridine rings is 1. The van der Waals surface area contributed by atoms with Crippen molar-refractivity contribution in [2.45, 2.75) is 39.2 Å². The van der Waals surface area contributed by atoms with Gasteiger partial charge in [0.25, 0.3) is 11.6 Å². The van der Waals surface area contributed by atoms with E-state index < -0.39 is 0 Å². The lowest BCUT2D eigenvalue weighted by atomic mass is 10.1. The molecule has 0 atom stereocenters. The molecule has 3 aromatic rings. The molecule has 3 aromatic heterocycles. The van der Waals surface area contributed by atoms with Crippen molar-refractivity contribution in [3.05, 3.63) is 40.5 Å². The summed E-state index contributed by atoms with van der Waals surface area (Å²) in [5.74, 6) is 1.21. The third kappa shape index (κ3) is 2.58. The minimum atomic E-state index is -0.206. The minimum absolute atomic E-state index is 0.206. The molecule has 0 aliphatic heterocycles. The van der Waals surface area contributed by atoms with Gasteiger partial charge in [0.1, 0.15) is 11.5 Å². The Morgan fingerprint density at radius 2 is 2.09 bits per heavy atom. The molecule has 0 unspecified atom stereocenters. The molecule has 1 N–H and O–H groups in total. The van der Waals surface area contributed by atoms with Gasteiger partial charge in [-0.3, -0.25) is 4.79 Å². The standard InChI is InChI=1S/C16H16N4O3/c1-8-5-12(14-9(2)19-23-16(14)18-8)15(21)17-7-11-6-13(22-20-11)10-3-4-10/h5-6,10H,3-4,7H2,1-2H3,(H,17,21). The summed E-state index contributed by atoms with van der Waals surface area (Å²) in [6, 6.07) is 3.65. The molecular weight excluding hydrogens is 296 g/mol. The van der Waals surface area contributed by atoms with Gasteiger partial charge < -0.3 is 14.4 Å². The molecule has 0 spiro atoms. The Hall–Kier alpha value is -2.70. The highest BCUT2D eigenvalue weighted by Gasteiger charge is 2.28. The van der Waals surface area contributed by atoms with Crippen LogP contribution in [0.1, 0.15) is 52.0 Å². The minimum Gasteiger partial charge on any atom is -0.361 e. The van der Waals surface area contributed by atoms with Crippen LogP contribution in [-0.2, 0) is 6.54 Å². The van der Waals surface area contributed by atoms with Crippen LogP contribution in [0.25, 0.3) is 11.1 Å². The number of hydrogen-bond donors (Lipinski definition) is 1. The van der Waals surface area contributed by atoms with Gasteiger partial charge in [-0.15, -0.1) is 0 Å². The molecule has 1 aliphatic rings. The first-order valence-corrected chi connectivity index (χ1v) is 7.59. The average Bonchev–Trinajstić information content (AvgIpc) is 3.17. The Balaban J connectivity index is 1.55. The highest BCUT2D eigenvalue weighted by molar-refractivity contribution is 6.05. The molecule has 1 fully saturated rings. The van der Waals surface area contributed by atoms with Crippen LogP contribution in [0.15, 0.2) is 21.2 Å². The quantitative estimate of drug-likeness (QED) is 0.796. The fourth-order valence-electron chi connectivity index (χ4n) is 2.63. The summed E-state index contributed by atoms with van der Waals surface area (Å²) in [4.78, 5) is 16.8. The number of aryl methyl sites for hydroxylation is 2. The highest BCUT2D eigenvalue weighted by Crippen LogP contribution is 2.40. The second kappa shape index (κ2) is 5.19. The number of aromatic nitrogens is 3. The fraction of sp³-hybridized carbons (Fsp3) is 0.375. The number of carbonyl (C=O) groups excluding carboxylic acids is 1. The van der Waals surface area contributed by atoms with Gasteiger partial charge in [-0.25, -0.2) is 4.98 Å². The Morgan fingerprint density at radius 3 is 2.87 bits per heavy atom. The molecule has 3 heterocycles. The molecule has 23 heavy (non-hydrogen) atoms. The second-order valence-electron chi connectivity index (χ2n) is 5.94. The maximum absolute atomic E-state index is 12.5. The summed E-state index contributed by atoms with van der Waals surface area (Å²) >= 11 is 0. The summed E-state index contributed by atoms with van der Waals surface area (Å²) in [6.07, 6.45) is 2.31. The molecule has 7 nitrogen and oxygen atoms in total. The number of rotatable bonds is 4. The summed E-state index contributed by atoms with van der Waals surface area (Å²) in [6.45, 7) is 3.93. The third-order valence-electron chi connectivity index (χ3n) is 3.98. The van der Waals surface area contributed by atoms with Gasteiger partial charge in [0.2, 0.25) is 0 Å². The zero-order chi connectivity index (χ0) is 16.0. The number of carbonyl (C=O) groups is 1. The molecule has 0 radical (unpaired) electrons. The van der Waals surface area contributed by atoms with Gasteiger partial charge in [-0.2, -0.15) is 0 Å². The first-order valence-electron chi connectivity index (χ1n) is 7.59. The Morgan fingerprint density at radius 1 is 1.26 bits per heavy atom. The van der Waals surface area contributed by atoms with Gasteiger partial charge in [0.05, 0.1) is 23.2 Å². The van der Waals surface area contributed by atoms with Crippen molar-refractivity contribution in [2.75, 3.05) is 0 Å². The Bertz CT molecular complexity index is 892. The van der Waals surface area contributed by atoms with Crippen molar-refractivity contribution >= 4 is 17.0 Å². The van der Waals surface area contributed by atoms with Crippen molar-refractivity contribution in [3.8, 4) is 0 Å². The van der Waals surface area contributed by atoms with Gasteiger partial charge in [0, 0.05) is 17.7 Å². The molecule has 0 bridgehead atoms. The number of amides is 1. The van der Waals surface area contributed by atoms with Crippen LogP contribution in [0.5, 0.6) is 0 Å². The summed E-state index contributed by atoms with van der Waals surface area (Å²) in [5, 5.41) is 11.4. The van der Waals surface area contributed by atoms with Gasteiger partial charge in [-0.05, 0) is 32.8 Å². The van der Waals surface area contributed by atoms with Crippen LogP contribution < -0.4 is 5.32 Å². The van der Waals surface area contributed by atoms with Crippen molar-refractivity contribution in [3.63, 3.8) is 0 Å². The summed E-state index contributed by atoms with van der Waals surface area (Å²) < 4.78 is 10.4. The first kappa shape index (κ1) is 13.9. The molecule has 1 saturated carbocycles. The van der Waals surface area contributed by atoms with Crippen LogP contribution in [0.4, 0.5) is 0 Å². The van der Waals surface area contributed by atoms with Gasteiger partial charge >= 0.3 is 0 Å². The summed E-state index contributed by atoms with van der Waals surface area (Å²) in [5.41, 5.74) is 2.97. The lowest BCUT2D eigenvalue weighted by Gasteiger charge is -2.05. The smallest absolute Gasteiger partial charge is 0.258 e. The van der Waals surface area contributed by atoms with E-state index in [1.807, 2.05) is 13.0 Å². The van der Waals surface area contributed by atoms with Crippen molar-refractivity contribution in [1.82, 2.24) is 20.6 Å². The van der Waals surface area contributed by atoms with Crippen molar-refractivity contribution in [1.29, 1.82) is 0 Å². The zero-order valence-electron chi connectivity index (χ0n) is 12.9. The van der Waals surface area contributed by atoms with Crippen molar-refractivity contribution < 1.29 is 13.8 Å². The van der Waals surface area contributed by atoms with E-state index in [9.17, 15) is 4.79 Å². The SMILES string of the molecule is Cc1cc(C(=O)NCc2cc(C3CC3)on2)c2c(C)noc2n1. The number of nitrogens with zero attached hydrogens (tertiary/aromatic N) is 3. The van der Waals surface area contributed by atoms with E-state index in [0.29, 0.717) is 40.5 Å². The number of nitrogens with one attached hydrogen (secondary N) is 1. The largest absolute Gasteiger partial charge is 0.361 e. The van der Waals surface area contributed by atoms with E-state index in [1.54, 1.807) is 13.0 Å². The van der Waals surface area contributed by atoms with E-state index >= 15 is 0 Å². The molecule has 1 amide bonds. The van der Waals surface area contributed by atoms with Crippen LogP contribution in [0.3, 0.4) is 0 Å². The molecule has 4 rings (SSSR count). The van der Waals surface area contributed by atoms with E-state index in [0.717, 1.165) is 24.3 Å². The third-order valence-corrected chi connectivity index (χ3v) is 3.98. The summed E-state index contributed by atoms with van der Waals surface area (Å²) in [7, 11) is 0. The molecule has 7 heteroatoms.